The van der Waals surface area contributed by atoms with Gasteiger partial charge in [0.05, 0.1) is 11.0 Å². The minimum absolute atomic E-state index is 0.0543. The van der Waals surface area contributed by atoms with Gasteiger partial charge in [0, 0.05) is 61.9 Å². The fraction of sp³-hybridized carbons (Fsp3) is 0.298. The molecule has 0 atom stereocenters. The van der Waals surface area contributed by atoms with Gasteiger partial charge in [-0.05, 0) is 87.3 Å². The van der Waals surface area contributed by atoms with Crippen molar-refractivity contribution in [3.63, 3.8) is 0 Å². The molecule has 2 heterocycles. The Morgan fingerprint density at radius 3 is 0.836 bits per heavy atom. The van der Waals surface area contributed by atoms with Crippen molar-refractivity contribution in [3.8, 4) is 11.1 Å². The maximum absolute atomic E-state index is 10.5. The molecule has 7 aromatic rings. The van der Waals surface area contributed by atoms with E-state index in [4.69, 9.17) is 0 Å². The number of benzene rings is 5. The predicted octanol–water partition coefficient (Wildman–Crippen LogP) is 13.7. The van der Waals surface area contributed by atoms with Crippen molar-refractivity contribution in [1.82, 2.24) is 20.6 Å². The van der Waals surface area contributed by atoms with Crippen LogP contribution in [0, 0.1) is 62.3 Å². The average Bonchev–Trinajstić information content (AvgIpc) is 4.02. The summed E-state index contributed by atoms with van der Waals surface area (Å²) < 4.78 is 0. The van der Waals surface area contributed by atoms with Crippen LogP contribution in [0.4, 0.5) is 0 Å². The van der Waals surface area contributed by atoms with Crippen LogP contribution in [0.2, 0.25) is 0 Å². The summed E-state index contributed by atoms with van der Waals surface area (Å²) in [4.78, 5) is 51.7. The molecule has 0 unspecified atom stereocenters. The third kappa shape index (κ3) is 36.5. The van der Waals surface area contributed by atoms with Crippen LogP contribution in [0.15, 0.2) is 151 Å². The van der Waals surface area contributed by atoms with Crippen molar-refractivity contribution in [2.24, 2.45) is 0 Å². The molecule has 0 aliphatic rings. The number of nitrogens with zero attached hydrogens (tertiary/aromatic N) is 2. The van der Waals surface area contributed by atoms with Crippen molar-refractivity contribution in [2.45, 2.75) is 102 Å². The number of aryl methyl sites for hydroxylation is 9. The second kappa shape index (κ2) is 37.8. The summed E-state index contributed by atoms with van der Waals surface area (Å²) in [7, 11) is 3.12. The van der Waals surface area contributed by atoms with E-state index in [2.05, 4.69) is 190 Å². The van der Waals surface area contributed by atoms with E-state index in [0.717, 1.165) is 0 Å². The maximum atomic E-state index is 10.5. The Morgan fingerprint density at radius 1 is 0.388 bits per heavy atom. The summed E-state index contributed by atoms with van der Waals surface area (Å²) in [6.07, 6.45) is 5.02. The molecule has 0 saturated heterocycles. The van der Waals surface area contributed by atoms with Crippen molar-refractivity contribution in [3.05, 3.63) is 200 Å². The van der Waals surface area contributed by atoms with Crippen LogP contribution in [-0.2, 0) is 19.2 Å². The molecule has 7 rings (SSSR count). The summed E-state index contributed by atoms with van der Waals surface area (Å²) >= 11 is 3.33. The first-order chi connectivity index (χ1) is 31.8. The molecule has 0 spiro atoms. The molecule has 2 aromatic heterocycles. The van der Waals surface area contributed by atoms with E-state index in [-0.39, 0.29) is 23.4 Å². The SMILES string of the molecule is CNC(=O)CCC(C)=O.CNC(=O)CCC(C)=O.Cc1ccc(-c2ccccc2)cc1.Cc1ccc(C)cc1.Cc1ccc(C)cc1.Cc1ccc(C)cc1.Cc1cncs1.Cc1cncs1. The van der Waals surface area contributed by atoms with Gasteiger partial charge in [-0.25, -0.2) is 0 Å². The molecule has 5 aromatic carbocycles. The molecule has 8 nitrogen and oxygen atoms in total. The average molecular weight is 943 g/mol. The first-order valence-electron chi connectivity index (χ1n) is 22.2. The molecule has 0 fully saturated rings. The van der Waals surface area contributed by atoms with Gasteiger partial charge in [-0.1, -0.05) is 166 Å². The van der Waals surface area contributed by atoms with Crippen LogP contribution in [0.5, 0.6) is 0 Å². The van der Waals surface area contributed by atoms with Crippen LogP contribution in [0.3, 0.4) is 0 Å². The number of carbonyl (C=O) groups excluding carboxylic acids is 4. The number of rotatable bonds is 7. The fourth-order valence-corrected chi connectivity index (χ4v) is 5.49. The largest absolute Gasteiger partial charge is 0.359 e. The van der Waals surface area contributed by atoms with Gasteiger partial charge in [-0.15, -0.1) is 22.7 Å². The number of Topliss-reactive ketones (excluding diaryl/α,β-unsaturated/α-hetero) is 2. The lowest BCUT2D eigenvalue weighted by atomic mass is 10.0. The van der Waals surface area contributed by atoms with Crippen molar-refractivity contribution >= 4 is 46.1 Å². The molecule has 0 radical (unpaired) electrons. The predicted molar refractivity (Wildman–Crippen MR) is 286 cm³/mol. The van der Waals surface area contributed by atoms with Crippen molar-refractivity contribution < 1.29 is 19.2 Å². The Bertz CT molecular complexity index is 2080. The van der Waals surface area contributed by atoms with Crippen molar-refractivity contribution in [1.29, 1.82) is 0 Å². The second-order valence-electron chi connectivity index (χ2n) is 15.7. The Kier molecular flexibility index (Phi) is 34.2. The second-order valence-corrected chi connectivity index (χ2v) is 17.9. The lowest BCUT2D eigenvalue weighted by Crippen LogP contribution is -2.17. The first-order valence-corrected chi connectivity index (χ1v) is 23.9. The smallest absolute Gasteiger partial charge is 0.220 e. The van der Waals surface area contributed by atoms with Crippen LogP contribution < -0.4 is 10.6 Å². The lowest BCUT2D eigenvalue weighted by molar-refractivity contribution is -0.124. The van der Waals surface area contributed by atoms with Crippen LogP contribution >= 0.6 is 22.7 Å². The zero-order valence-corrected chi connectivity index (χ0v) is 43.7. The van der Waals surface area contributed by atoms with E-state index in [0.29, 0.717) is 25.7 Å². The highest BCUT2D eigenvalue weighted by Crippen LogP contribution is 2.18. The summed E-state index contributed by atoms with van der Waals surface area (Å²) in [5.74, 6) is -0.0485. The molecule has 0 aliphatic heterocycles. The molecule has 2 amide bonds. The van der Waals surface area contributed by atoms with Gasteiger partial charge in [0.2, 0.25) is 11.8 Å². The molecule has 358 valence electrons. The quantitative estimate of drug-likeness (QED) is 0.164. The van der Waals surface area contributed by atoms with Gasteiger partial charge in [-0.2, -0.15) is 0 Å². The lowest BCUT2D eigenvalue weighted by Gasteiger charge is -2.00. The molecule has 0 saturated carbocycles. The number of carbonyl (C=O) groups is 4. The topological polar surface area (TPSA) is 118 Å². The third-order valence-electron chi connectivity index (χ3n) is 8.89. The summed E-state index contributed by atoms with van der Waals surface area (Å²) in [5.41, 5.74) is 15.5. The van der Waals surface area contributed by atoms with Gasteiger partial charge in [0.1, 0.15) is 11.6 Å². The van der Waals surface area contributed by atoms with Gasteiger partial charge >= 0.3 is 0 Å². The fourth-order valence-electron chi connectivity index (χ4n) is 4.68. The van der Waals surface area contributed by atoms with E-state index < -0.39 is 0 Å². The van der Waals surface area contributed by atoms with Gasteiger partial charge in [0.15, 0.2) is 0 Å². The first kappa shape index (κ1) is 60.6. The number of hydrogen-bond acceptors (Lipinski definition) is 8. The number of aromatic nitrogens is 2. The van der Waals surface area contributed by atoms with Gasteiger partial charge in [0.25, 0.3) is 0 Å². The summed E-state index contributed by atoms with van der Waals surface area (Å²) in [6.45, 7) is 21.7. The van der Waals surface area contributed by atoms with E-state index in [1.807, 2.05) is 43.3 Å². The number of ketones is 2. The summed E-state index contributed by atoms with van der Waals surface area (Å²) in [6, 6.07) is 44.5. The molecule has 2 N–H and O–H groups in total. The number of amides is 2. The molecular weight excluding hydrogens is 869 g/mol. The highest BCUT2D eigenvalue weighted by Gasteiger charge is 2.00. The third-order valence-corrected chi connectivity index (χ3v) is 10.3. The maximum Gasteiger partial charge on any atom is 0.220 e. The molecule has 0 bridgehead atoms. The number of nitrogens with one attached hydrogen (secondary N) is 2. The highest BCUT2D eigenvalue weighted by atomic mass is 32.1. The minimum Gasteiger partial charge on any atom is -0.359 e. The number of hydrogen-bond donors (Lipinski definition) is 2. The molecule has 10 heteroatoms. The van der Waals surface area contributed by atoms with Crippen LogP contribution in [-0.4, -0.2) is 47.4 Å². The van der Waals surface area contributed by atoms with Crippen molar-refractivity contribution in [2.75, 3.05) is 14.1 Å². The van der Waals surface area contributed by atoms with E-state index in [1.165, 1.54) is 73.7 Å². The molecular formula is C57H74N4O4S2. The Balaban J connectivity index is 0.000000751. The minimum atomic E-state index is -0.0785. The van der Waals surface area contributed by atoms with E-state index in [9.17, 15) is 19.2 Å². The highest BCUT2D eigenvalue weighted by molar-refractivity contribution is 7.09. The van der Waals surface area contributed by atoms with Crippen LogP contribution in [0.1, 0.15) is 88.2 Å². The van der Waals surface area contributed by atoms with E-state index >= 15 is 0 Å². The Labute approximate surface area is 410 Å². The Morgan fingerprint density at radius 2 is 0.642 bits per heavy atom. The zero-order chi connectivity index (χ0) is 50.4. The molecule has 0 aliphatic carbocycles. The van der Waals surface area contributed by atoms with Crippen LogP contribution in [0.25, 0.3) is 11.1 Å². The normalized spacial score (nSPS) is 9.15. The zero-order valence-electron chi connectivity index (χ0n) is 42.1. The van der Waals surface area contributed by atoms with Gasteiger partial charge < -0.3 is 20.2 Å². The number of thiazole rings is 2. The summed E-state index contributed by atoms with van der Waals surface area (Å²) in [5, 5.41) is 4.86. The molecule has 67 heavy (non-hydrogen) atoms. The Hall–Kier alpha value is -6.36. The standard InChI is InChI=1S/C13H12.3C8H10.2C6H11NO2.2C4H5NS/c1-11-7-9-13(10-8-11)12-5-3-2-4-6-12;3*1-7-3-5-8(2)6-4-7;2*1-5(8)3-4-6(9)7-2;2*1-4-2-5-3-6-4/h2-10H,1H3;3*3-6H,1-2H3;2*3-4H2,1-2H3,(H,7,9);2*2-3H,1H3. The van der Waals surface area contributed by atoms with Gasteiger partial charge in [-0.3, -0.25) is 19.6 Å². The van der Waals surface area contributed by atoms with E-state index in [1.54, 1.807) is 36.8 Å². The monoisotopic (exact) mass is 943 g/mol.